The van der Waals surface area contributed by atoms with Gasteiger partial charge in [0, 0.05) is 31.6 Å². The van der Waals surface area contributed by atoms with Crippen LogP contribution >= 0.6 is 0 Å². The minimum atomic E-state index is -0.0689. The topological polar surface area (TPSA) is 90.9 Å². The first-order valence-electron chi connectivity index (χ1n) is 7.81. The molecule has 2 aromatic heterocycles. The van der Waals surface area contributed by atoms with Crippen LogP contribution in [0.1, 0.15) is 18.6 Å². The highest BCUT2D eigenvalue weighted by molar-refractivity contribution is 5.45. The molecule has 0 amide bonds. The van der Waals surface area contributed by atoms with Gasteiger partial charge in [-0.15, -0.1) is 0 Å². The van der Waals surface area contributed by atoms with Gasteiger partial charge in [-0.25, -0.2) is 4.68 Å². The average molecular weight is 324 g/mol. The molecular formula is C17H20N6O. The molecule has 0 radical (unpaired) electrons. The molecule has 124 valence electrons. The fourth-order valence-corrected chi connectivity index (χ4v) is 2.40. The quantitative estimate of drug-likeness (QED) is 0.693. The SMILES string of the molecule is CCOC(CNc1cc(-n2cccn2)nc(N)n1)c1ccccc1. The van der Waals surface area contributed by atoms with Gasteiger partial charge in [-0.1, -0.05) is 30.3 Å². The predicted molar refractivity (Wildman–Crippen MR) is 92.9 cm³/mol. The molecule has 0 aliphatic rings. The second-order valence-electron chi connectivity index (χ2n) is 5.16. The third kappa shape index (κ3) is 3.88. The van der Waals surface area contributed by atoms with Crippen LogP contribution in [0.15, 0.2) is 54.9 Å². The van der Waals surface area contributed by atoms with Gasteiger partial charge in [0.1, 0.15) is 5.82 Å². The summed E-state index contributed by atoms with van der Waals surface area (Å²) in [6.45, 7) is 3.19. The second kappa shape index (κ2) is 7.56. The first-order valence-corrected chi connectivity index (χ1v) is 7.81. The van der Waals surface area contributed by atoms with Gasteiger partial charge in [0.15, 0.2) is 5.82 Å². The number of aromatic nitrogens is 4. The number of hydrogen-bond acceptors (Lipinski definition) is 6. The van der Waals surface area contributed by atoms with Crippen LogP contribution in [-0.4, -0.2) is 32.9 Å². The van der Waals surface area contributed by atoms with E-state index < -0.39 is 0 Å². The Labute approximate surface area is 140 Å². The fraction of sp³-hybridized carbons (Fsp3) is 0.235. The van der Waals surface area contributed by atoms with Crippen LogP contribution in [0.5, 0.6) is 0 Å². The Hall–Kier alpha value is -2.93. The van der Waals surface area contributed by atoms with E-state index in [1.54, 1.807) is 23.1 Å². The lowest BCUT2D eigenvalue weighted by Gasteiger charge is -2.18. The molecule has 3 N–H and O–H groups in total. The Morgan fingerprint density at radius 1 is 1.21 bits per heavy atom. The molecule has 0 saturated carbocycles. The van der Waals surface area contributed by atoms with Crippen molar-refractivity contribution in [2.75, 3.05) is 24.2 Å². The number of nitrogens with zero attached hydrogens (tertiary/aromatic N) is 4. The van der Waals surface area contributed by atoms with Crippen LogP contribution in [0.3, 0.4) is 0 Å². The van der Waals surface area contributed by atoms with Crippen LogP contribution in [0.25, 0.3) is 5.82 Å². The molecule has 24 heavy (non-hydrogen) atoms. The fourth-order valence-electron chi connectivity index (χ4n) is 2.40. The molecule has 0 bridgehead atoms. The Bertz CT molecular complexity index is 760. The van der Waals surface area contributed by atoms with E-state index in [0.29, 0.717) is 24.8 Å². The largest absolute Gasteiger partial charge is 0.372 e. The summed E-state index contributed by atoms with van der Waals surface area (Å²) in [5.74, 6) is 1.44. The summed E-state index contributed by atoms with van der Waals surface area (Å²) in [6, 6.07) is 13.7. The number of rotatable bonds is 7. The van der Waals surface area contributed by atoms with Crippen LogP contribution in [0, 0.1) is 0 Å². The molecular weight excluding hydrogens is 304 g/mol. The van der Waals surface area contributed by atoms with E-state index in [2.05, 4.69) is 20.4 Å². The monoisotopic (exact) mass is 324 g/mol. The summed E-state index contributed by atoms with van der Waals surface area (Å²) < 4.78 is 7.47. The molecule has 3 rings (SSSR count). The third-order valence-electron chi connectivity index (χ3n) is 3.48. The van der Waals surface area contributed by atoms with Gasteiger partial charge in [0.05, 0.1) is 6.10 Å². The Morgan fingerprint density at radius 2 is 2.04 bits per heavy atom. The van der Waals surface area contributed by atoms with E-state index in [4.69, 9.17) is 10.5 Å². The molecule has 0 saturated heterocycles. The average Bonchev–Trinajstić information content (AvgIpc) is 3.13. The number of ether oxygens (including phenoxy) is 1. The lowest BCUT2D eigenvalue weighted by molar-refractivity contribution is 0.0718. The molecule has 1 aromatic carbocycles. The summed E-state index contributed by atoms with van der Waals surface area (Å²) in [6.07, 6.45) is 3.42. The minimum Gasteiger partial charge on any atom is -0.372 e. The Kier molecular flexibility index (Phi) is 5.02. The molecule has 0 aliphatic carbocycles. The maximum absolute atomic E-state index is 5.83. The molecule has 0 fully saturated rings. The van der Waals surface area contributed by atoms with E-state index in [1.807, 2.05) is 43.3 Å². The van der Waals surface area contributed by atoms with E-state index in [1.165, 1.54) is 0 Å². The van der Waals surface area contributed by atoms with E-state index >= 15 is 0 Å². The Morgan fingerprint density at radius 3 is 2.75 bits per heavy atom. The second-order valence-corrected chi connectivity index (χ2v) is 5.16. The number of benzene rings is 1. The Balaban J connectivity index is 1.75. The number of nitrogens with two attached hydrogens (primary N) is 1. The van der Waals surface area contributed by atoms with E-state index in [-0.39, 0.29) is 12.1 Å². The van der Waals surface area contributed by atoms with Gasteiger partial charge >= 0.3 is 0 Å². The molecule has 0 spiro atoms. The van der Waals surface area contributed by atoms with Crippen molar-refractivity contribution in [1.29, 1.82) is 0 Å². The van der Waals surface area contributed by atoms with Crippen molar-refractivity contribution in [2.45, 2.75) is 13.0 Å². The van der Waals surface area contributed by atoms with Crippen molar-refractivity contribution in [3.05, 3.63) is 60.4 Å². The molecule has 1 unspecified atom stereocenters. The van der Waals surface area contributed by atoms with Crippen molar-refractivity contribution in [2.24, 2.45) is 0 Å². The summed E-state index contributed by atoms with van der Waals surface area (Å²) in [7, 11) is 0. The zero-order valence-corrected chi connectivity index (χ0v) is 13.5. The van der Waals surface area contributed by atoms with Crippen LogP contribution in [-0.2, 0) is 4.74 Å². The van der Waals surface area contributed by atoms with Gasteiger partial charge < -0.3 is 15.8 Å². The zero-order chi connectivity index (χ0) is 16.8. The zero-order valence-electron chi connectivity index (χ0n) is 13.5. The first-order chi connectivity index (χ1) is 11.8. The molecule has 0 aliphatic heterocycles. The molecule has 2 heterocycles. The summed E-state index contributed by atoms with van der Waals surface area (Å²) >= 11 is 0. The summed E-state index contributed by atoms with van der Waals surface area (Å²) in [4.78, 5) is 8.42. The lowest BCUT2D eigenvalue weighted by atomic mass is 10.1. The summed E-state index contributed by atoms with van der Waals surface area (Å²) in [5.41, 5.74) is 6.92. The maximum atomic E-state index is 5.83. The van der Waals surface area contributed by atoms with Gasteiger partial charge in [0.25, 0.3) is 0 Å². The maximum Gasteiger partial charge on any atom is 0.224 e. The van der Waals surface area contributed by atoms with Crippen LogP contribution in [0.4, 0.5) is 11.8 Å². The molecule has 7 nitrogen and oxygen atoms in total. The molecule has 3 aromatic rings. The predicted octanol–water partition coefficient (Wildman–Crippen LogP) is 2.43. The van der Waals surface area contributed by atoms with E-state index in [0.717, 1.165) is 5.56 Å². The summed E-state index contributed by atoms with van der Waals surface area (Å²) in [5, 5.41) is 7.43. The highest BCUT2D eigenvalue weighted by Crippen LogP contribution is 2.19. The first kappa shape index (κ1) is 15.9. The van der Waals surface area contributed by atoms with Crippen LogP contribution < -0.4 is 11.1 Å². The standard InChI is InChI=1S/C17H20N6O/c1-2-24-14(13-7-4-3-5-8-13)12-19-15-11-16(22-17(18)21-15)23-10-6-9-20-23/h3-11,14H,2,12H2,1H3,(H3,18,19,21,22). The smallest absolute Gasteiger partial charge is 0.224 e. The lowest BCUT2D eigenvalue weighted by Crippen LogP contribution is -2.17. The van der Waals surface area contributed by atoms with Crippen LogP contribution in [0.2, 0.25) is 0 Å². The number of hydrogen-bond donors (Lipinski definition) is 2. The number of anilines is 2. The molecule has 7 heteroatoms. The highest BCUT2D eigenvalue weighted by Gasteiger charge is 2.12. The normalized spacial score (nSPS) is 12.0. The van der Waals surface area contributed by atoms with Crippen molar-refractivity contribution in [3.8, 4) is 5.82 Å². The van der Waals surface area contributed by atoms with Crippen molar-refractivity contribution < 1.29 is 4.74 Å². The van der Waals surface area contributed by atoms with Gasteiger partial charge in [-0.05, 0) is 18.6 Å². The van der Waals surface area contributed by atoms with Crippen molar-refractivity contribution >= 4 is 11.8 Å². The minimum absolute atomic E-state index is 0.0689. The van der Waals surface area contributed by atoms with E-state index in [9.17, 15) is 0 Å². The highest BCUT2D eigenvalue weighted by atomic mass is 16.5. The molecule has 1 atom stereocenters. The van der Waals surface area contributed by atoms with Crippen molar-refractivity contribution in [3.63, 3.8) is 0 Å². The van der Waals surface area contributed by atoms with Gasteiger partial charge in [-0.3, -0.25) is 0 Å². The number of nitrogens with one attached hydrogen (secondary N) is 1. The van der Waals surface area contributed by atoms with Gasteiger partial charge in [-0.2, -0.15) is 15.1 Å². The van der Waals surface area contributed by atoms with Gasteiger partial charge in [0.2, 0.25) is 5.95 Å². The number of nitrogen functional groups attached to an aromatic ring is 1. The van der Waals surface area contributed by atoms with Crippen molar-refractivity contribution in [1.82, 2.24) is 19.7 Å². The third-order valence-corrected chi connectivity index (χ3v) is 3.48.